The Morgan fingerprint density at radius 1 is 1.00 bits per heavy atom. The molecular formula is C26H28O12. The topological polar surface area (TPSA) is 185 Å². The van der Waals surface area contributed by atoms with Crippen LogP contribution in [0.2, 0.25) is 0 Å². The molecule has 0 bridgehead atoms. The van der Waals surface area contributed by atoms with Crippen LogP contribution in [0, 0.1) is 0 Å². The van der Waals surface area contributed by atoms with E-state index >= 15 is 0 Å². The van der Waals surface area contributed by atoms with Crippen molar-refractivity contribution >= 4 is 16.9 Å². The van der Waals surface area contributed by atoms with Crippen molar-refractivity contribution in [3.8, 4) is 34.3 Å². The summed E-state index contributed by atoms with van der Waals surface area (Å²) in [6, 6.07) is 7.89. The number of carbonyl (C=O) groups excluding carboxylic acids is 1. The molecule has 1 fully saturated rings. The monoisotopic (exact) mass is 532 g/mol. The van der Waals surface area contributed by atoms with Crippen LogP contribution in [0.4, 0.5) is 0 Å². The summed E-state index contributed by atoms with van der Waals surface area (Å²) in [6.45, 7) is 1.41. The van der Waals surface area contributed by atoms with Crippen molar-refractivity contribution in [2.45, 2.75) is 50.5 Å². The van der Waals surface area contributed by atoms with Gasteiger partial charge in [-0.15, -0.1) is 0 Å². The molecule has 5 unspecified atom stereocenters. The van der Waals surface area contributed by atoms with Crippen LogP contribution in [0.25, 0.3) is 22.3 Å². The predicted octanol–water partition coefficient (Wildman–Crippen LogP) is 1.41. The van der Waals surface area contributed by atoms with E-state index in [1.54, 1.807) is 6.92 Å². The molecule has 5 atom stereocenters. The van der Waals surface area contributed by atoms with Gasteiger partial charge in [0.2, 0.25) is 6.29 Å². The van der Waals surface area contributed by atoms with Gasteiger partial charge < -0.3 is 48.9 Å². The quantitative estimate of drug-likeness (QED) is 0.263. The molecule has 1 aromatic heterocycles. The molecule has 0 radical (unpaired) electrons. The number of methoxy groups -OCH3 is 1. The molecule has 0 aliphatic carbocycles. The molecule has 38 heavy (non-hydrogen) atoms. The zero-order valence-corrected chi connectivity index (χ0v) is 20.6. The van der Waals surface area contributed by atoms with Crippen LogP contribution in [0.5, 0.6) is 23.0 Å². The molecule has 3 aromatic rings. The molecule has 5 N–H and O–H groups in total. The number of rotatable bonds is 8. The third-order valence-corrected chi connectivity index (χ3v) is 6.03. The van der Waals surface area contributed by atoms with Crippen molar-refractivity contribution < 1.29 is 53.7 Å². The van der Waals surface area contributed by atoms with Crippen molar-refractivity contribution in [2.24, 2.45) is 0 Å². The summed E-state index contributed by atoms with van der Waals surface area (Å²) in [6.07, 6.45) is -6.97. The predicted molar refractivity (Wildman–Crippen MR) is 131 cm³/mol. The molecule has 0 amide bonds. The number of aliphatic hydroxyl groups is 3. The van der Waals surface area contributed by atoms with Gasteiger partial charge in [-0.25, -0.2) is 0 Å². The summed E-state index contributed by atoms with van der Waals surface area (Å²) in [7, 11) is 1.37. The van der Waals surface area contributed by atoms with E-state index < -0.39 is 47.9 Å². The fourth-order valence-electron chi connectivity index (χ4n) is 4.02. The highest BCUT2D eigenvalue weighted by Gasteiger charge is 2.45. The summed E-state index contributed by atoms with van der Waals surface area (Å²) in [5.41, 5.74) is -0.211. The summed E-state index contributed by atoms with van der Waals surface area (Å²) < 4.78 is 27.2. The van der Waals surface area contributed by atoms with Crippen LogP contribution in [0.1, 0.15) is 19.8 Å². The number of aromatic hydroxyl groups is 2. The van der Waals surface area contributed by atoms with Gasteiger partial charge in [-0.2, -0.15) is 0 Å². The Hall–Kier alpha value is -3.84. The maximum atomic E-state index is 12.8. The number of phenolic OH excluding ortho intramolecular Hbond substituents is 2. The number of benzene rings is 2. The second-order valence-corrected chi connectivity index (χ2v) is 8.74. The minimum absolute atomic E-state index is 0.0644. The Morgan fingerprint density at radius 2 is 1.76 bits per heavy atom. The molecule has 1 aliphatic rings. The van der Waals surface area contributed by atoms with Crippen molar-refractivity contribution in [3.63, 3.8) is 0 Å². The van der Waals surface area contributed by atoms with E-state index in [1.165, 1.54) is 37.4 Å². The van der Waals surface area contributed by atoms with Crippen LogP contribution < -0.4 is 14.9 Å². The Bertz CT molecular complexity index is 1370. The molecule has 1 aliphatic heterocycles. The summed E-state index contributed by atoms with van der Waals surface area (Å²) in [5, 5.41) is 51.1. The minimum atomic E-state index is -1.70. The smallest absolute Gasteiger partial charge is 0.305 e. The van der Waals surface area contributed by atoms with Crippen LogP contribution in [0.3, 0.4) is 0 Å². The average molecular weight is 532 g/mol. The molecular weight excluding hydrogens is 504 g/mol. The molecule has 0 spiro atoms. The third kappa shape index (κ3) is 5.53. The second-order valence-electron chi connectivity index (χ2n) is 8.74. The Labute approximate surface area is 216 Å². The fraction of sp³-hybridized carbons (Fsp3) is 0.385. The number of ether oxygens (including phenoxy) is 4. The summed E-state index contributed by atoms with van der Waals surface area (Å²) in [5.74, 6) is -0.921. The van der Waals surface area contributed by atoms with E-state index in [2.05, 4.69) is 0 Å². The Kier molecular flexibility index (Phi) is 8.07. The number of phenols is 2. The van der Waals surface area contributed by atoms with Gasteiger partial charge in [0.15, 0.2) is 16.9 Å². The molecule has 12 nitrogen and oxygen atoms in total. The van der Waals surface area contributed by atoms with Gasteiger partial charge in [0.05, 0.1) is 7.11 Å². The van der Waals surface area contributed by atoms with Gasteiger partial charge in [0.1, 0.15) is 59.3 Å². The lowest BCUT2D eigenvalue weighted by Gasteiger charge is -2.39. The summed E-state index contributed by atoms with van der Waals surface area (Å²) in [4.78, 5) is 24.5. The molecule has 4 rings (SSSR count). The number of esters is 1. The van der Waals surface area contributed by atoms with Crippen LogP contribution in [-0.4, -0.2) is 75.9 Å². The summed E-state index contributed by atoms with van der Waals surface area (Å²) >= 11 is 0. The minimum Gasteiger partial charge on any atom is -0.507 e. The number of fused-ring (bicyclic) bond motifs is 1. The highest BCUT2D eigenvalue weighted by atomic mass is 16.7. The van der Waals surface area contributed by atoms with E-state index in [9.17, 15) is 35.1 Å². The van der Waals surface area contributed by atoms with Crippen molar-refractivity contribution in [2.75, 3.05) is 13.7 Å². The van der Waals surface area contributed by atoms with Crippen LogP contribution in [0.15, 0.2) is 45.6 Å². The van der Waals surface area contributed by atoms with Crippen LogP contribution >= 0.6 is 0 Å². The number of hydrogen-bond acceptors (Lipinski definition) is 12. The average Bonchev–Trinajstić information content (AvgIpc) is 2.88. The Balaban J connectivity index is 1.62. The maximum absolute atomic E-state index is 12.8. The molecule has 12 heteroatoms. The van der Waals surface area contributed by atoms with Gasteiger partial charge in [-0.05, 0) is 24.6 Å². The SMILES string of the molecule is CCCC(=O)OCC1OC(Oc2cc(O)c3c(=O)cc(-c4ccc(O)c(OC)c4)oc3c2)C(O)C(O)C1O. The number of aliphatic hydroxyl groups excluding tert-OH is 3. The van der Waals surface area contributed by atoms with Crippen molar-refractivity contribution in [1.29, 1.82) is 0 Å². The highest BCUT2D eigenvalue weighted by molar-refractivity contribution is 5.86. The van der Waals surface area contributed by atoms with Crippen molar-refractivity contribution in [1.82, 2.24) is 0 Å². The first-order valence-electron chi connectivity index (χ1n) is 11.8. The largest absolute Gasteiger partial charge is 0.507 e. The van der Waals surface area contributed by atoms with Crippen LogP contribution in [-0.2, 0) is 14.3 Å². The lowest BCUT2D eigenvalue weighted by molar-refractivity contribution is -0.278. The molecule has 2 aromatic carbocycles. The third-order valence-electron chi connectivity index (χ3n) is 6.03. The van der Waals surface area contributed by atoms with Crippen molar-refractivity contribution in [3.05, 3.63) is 46.6 Å². The van der Waals surface area contributed by atoms with E-state index in [1.807, 2.05) is 0 Å². The fourth-order valence-corrected chi connectivity index (χ4v) is 4.02. The van der Waals surface area contributed by atoms with Gasteiger partial charge in [0.25, 0.3) is 0 Å². The standard InChI is InChI=1S/C26H28O12/c1-3-4-21(30)35-11-20-23(31)24(32)25(33)26(38-20)36-13-8-15(28)22-16(29)10-17(37-19(22)9-13)12-5-6-14(27)18(7-12)34-2/h5-10,20,23-28,31-33H,3-4,11H2,1-2H3. The molecule has 1 saturated heterocycles. The van der Waals surface area contributed by atoms with E-state index in [4.69, 9.17) is 23.4 Å². The van der Waals surface area contributed by atoms with E-state index in [-0.39, 0.29) is 47.0 Å². The molecule has 2 heterocycles. The zero-order valence-electron chi connectivity index (χ0n) is 20.6. The lowest BCUT2D eigenvalue weighted by Crippen LogP contribution is -2.60. The highest BCUT2D eigenvalue weighted by Crippen LogP contribution is 2.35. The maximum Gasteiger partial charge on any atom is 0.305 e. The first-order valence-corrected chi connectivity index (χ1v) is 11.8. The number of carbonyl (C=O) groups is 1. The van der Waals surface area contributed by atoms with Gasteiger partial charge in [-0.3, -0.25) is 9.59 Å². The van der Waals surface area contributed by atoms with E-state index in [0.717, 1.165) is 6.07 Å². The zero-order chi connectivity index (χ0) is 27.6. The van der Waals surface area contributed by atoms with Gasteiger partial charge in [-0.1, -0.05) is 6.92 Å². The second kappa shape index (κ2) is 11.3. The Morgan fingerprint density at radius 3 is 2.47 bits per heavy atom. The molecule has 204 valence electrons. The first kappa shape index (κ1) is 27.2. The normalized spacial score (nSPS) is 23.2. The number of hydrogen-bond donors (Lipinski definition) is 5. The van der Waals surface area contributed by atoms with Gasteiger partial charge >= 0.3 is 5.97 Å². The first-order chi connectivity index (χ1) is 18.1. The van der Waals surface area contributed by atoms with Gasteiger partial charge in [0, 0.05) is 30.2 Å². The molecule has 0 saturated carbocycles. The van der Waals surface area contributed by atoms with E-state index in [0.29, 0.717) is 12.0 Å². The lowest BCUT2D eigenvalue weighted by atomic mass is 9.99.